The van der Waals surface area contributed by atoms with Crippen LogP contribution in [0.2, 0.25) is 0 Å². The second-order valence-corrected chi connectivity index (χ2v) is 8.26. The summed E-state index contributed by atoms with van der Waals surface area (Å²) in [6, 6.07) is 7.54. The molecule has 0 saturated heterocycles. The average molecular weight is 362 g/mol. The van der Waals surface area contributed by atoms with E-state index < -0.39 is 0 Å². The number of anilines is 2. The van der Waals surface area contributed by atoms with E-state index in [1.54, 1.807) is 0 Å². The highest BCUT2D eigenvalue weighted by atomic mass is 32.2. The molecule has 0 radical (unpaired) electrons. The van der Waals surface area contributed by atoms with E-state index in [9.17, 15) is 9.59 Å². The highest BCUT2D eigenvalue weighted by molar-refractivity contribution is 8.00. The lowest BCUT2D eigenvalue weighted by atomic mass is 10.3. The van der Waals surface area contributed by atoms with Crippen LogP contribution in [0.25, 0.3) is 0 Å². The molecule has 126 valence electrons. The third kappa shape index (κ3) is 4.55. The van der Waals surface area contributed by atoms with Gasteiger partial charge in [-0.05, 0) is 51.0 Å². The lowest BCUT2D eigenvalue weighted by molar-refractivity contribution is -0.117. The molecule has 3 rings (SSSR count). The first-order valence-electron chi connectivity index (χ1n) is 7.70. The molecule has 0 bridgehead atoms. The topological polar surface area (TPSA) is 84.0 Å². The minimum Gasteiger partial charge on any atom is -0.326 e. The van der Waals surface area contributed by atoms with Crippen LogP contribution in [0.5, 0.6) is 0 Å². The van der Waals surface area contributed by atoms with Gasteiger partial charge in [0.05, 0.1) is 5.25 Å². The standard InChI is InChI=1S/C16H18N4O2S2/c1-9(14(21)18-16-20-19-10(2)24-16)23-13-7-5-12(6-8-13)17-15(22)11-3-4-11/h5-9,11H,3-4H2,1-2H3,(H,17,22)(H,18,20,21). The first-order valence-corrected chi connectivity index (χ1v) is 9.39. The first kappa shape index (κ1) is 16.9. The Hall–Kier alpha value is -1.93. The molecule has 1 aliphatic carbocycles. The molecule has 2 N–H and O–H groups in total. The molecule has 2 amide bonds. The molecule has 1 aromatic carbocycles. The number of thioether (sulfide) groups is 1. The number of benzene rings is 1. The smallest absolute Gasteiger partial charge is 0.239 e. The largest absolute Gasteiger partial charge is 0.326 e. The highest BCUT2D eigenvalue weighted by Gasteiger charge is 2.29. The Labute approximate surface area is 148 Å². The predicted molar refractivity (Wildman–Crippen MR) is 96.4 cm³/mol. The minimum absolute atomic E-state index is 0.0931. The van der Waals surface area contributed by atoms with Gasteiger partial charge in [0.15, 0.2) is 0 Å². The molecule has 1 fully saturated rings. The van der Waals surface area contributed by atoms with Crippen molar-refractivity contribution in [2.75, 3.05) is 10.6 Å². The van der Waals surface area contributed by atoms with Crippen molar-refractivity contribution in [3.8, 4) is 0 Å². The molecule has 24 heavy (non-hydrogen) atoms. The number of nitrogens with one attached hydrogen (secondary N) is 2. The van der Waals surface area contributed by atoms with Gasteiger partial charge in [0.2, 0.25) is 16.9 Å². The Morgan fingerprint density at radius 3 is 2.50 bits per heavy atom. The van der Waals surface area contributed by atoms with Crippen molar-refractivity contribution in [3.05, 3.63) is 29.3 Å². The Bertz CT molecular complexity index is 741. The lowest BCUT2D eigenvalue weighted by Gasteiger charge is -2.11. The SMILES string of the molecule is Cc1nnc(NC(=O)C(C)Sc2ccc(NC(=O)C3CC3)cc2)s1. The summed E-state index contributed by atoms with van der Waals surface area (Å²) < 4.78 is 0. The van der Waals surface area contributed by atoms with Gasteiger partial charge in [-0.3, -0.25) is 14.9 Å². The Kier molecular flexibility index (Phi) is 5.15. The van der Waals surface area contributed by atoms with Crippen LogP contribution in [0.15, 0.2) is 29.2 Å². The van der Waals surface area contributed by atoms with Crippen LogP contribution >= 0.6 is 23.1 Å². The summed E-state index contributed by atoms with van der Waals surface area (Å²) in [7, 11) is 0. The van der Waals surface area contributed by atoms with Gasteiger partial charge in [0.25, 0.3) is 0 Å². The zero-order valence-corrected chi connectivity index (χ0v) is 15.0. The number of carbonyl (C=O) groups excluding carboxylic acids is 2. The van der Waals surface area contributed by atoms with E-state index in [-0.39, 0.29) is 23.0 Å². The number of aromatic nitrogens is 2. The molecular weight excluding hydrogens is 344 g/mol. The van der Waals surface area contributed by atoms with Gasteiger partial charge >= 0.3 is 0 Å². The third-order valence-electron chi connectivity index (χ3n) is 3.51. The monoisotopic (exact) mass is 362 g/mol. The number of hydrogen-bond donors (Lipinski definition) is 2. The summed E-state index contributed by atoms with van der Waals surface area (Å²) in [5.41, 5.74) is 0.790. The first-order chi connectivity index (χ1) is 11.5. The number of hydrogen-bond acceptors (Lipinski definition) is 6. The maximum Gasteiger partial charge on any atom is 0.239 e. The van der Waals surface area contributed by atoms with Crippen LogP contribution in [0, 0.1) is 12.8 Å². The van der Waals surface area contributed by atoms with E-state index in [4.69, 9.17) is 0 Å². The van der Waals surface area contributed by atoms with Gasteiger partial charge in [-0.2, -0.15) is 0 Å². The van der Waals surface area contributed by atoms with Crippen molar-refractivity contribution in [1.29, 1.82) is 0 Å². The van der Waals surface area contributed by atoms with Crippen LogP contribution in [-0.2, 0) is 9.59 Å². The van der Waals surface area contributed by atoms with E-state index >= 15 is 0 Å². The van der Waals surface area contributed by atoms with E-state index in [2.05, 4.69) is 20.8 Å². The molecule has 6 nitrogen and oxygen atoms in total. The summed E-state index contributed by atoms with van der Waals surface area (Å²) in [6.45, 7) is 3.69. The molecule has 1 saturated carbocycles. The second-order valence-electron chi connectivity index (χ2n) is 5.66. The third-order valence-corrected chi connectivity index (χ3v) is 5.37. The Balaban J connectivity index is 1.52. The fraction of sp³-hybridized carbons (Fsp3) is 0.375. The molecule has 1 heterocycles. The summed E-state index contributed by atoms with van der Waals surface area (Å²) in [4.78, 5) is 24.9. The zero-order valence-electron chi connectivity index (χ0n) is 13.4. The molecular formula is C16H18N4O2S2. The van der Waals surface area contributed by atoms with Crippen LogP contribution in [-0.4, -0.2) is 27.3 Å². The van der Waals surface area contributed by atoms with Gasteiger partial charge in [0, 0.05) is 16.5 Å². The summed E-state index contributed by atoms with van der Waals surface area (Å²) in [5.74, 6) is 0.171. The average Bonchev–Trinajstić information content (AvgIpc) is 3.33. The van der Waals surface area contributed by atoms with Crippen LogP contribution < -0.4 is 10.6 Å². The summed E-state index contributed by atoms with van der Waals surface area (Å²) in [5, 5.41) is 14.5. The fourth-order valence-electron chi connectivity index (χ4n) is 2.02. The maximum absolute atomic E-state index is 12.2. The number of amides is 2. The van der Waals surface area contributed by atoms with E-state index in [0.717, 1.165) is 28.4 Å². The number of aryl methyl sites for hydroxylation is 1. The van der Waals surface area contributed by atoms with Crippen LogP contribution in [0.3, 0.4) is 0 Å². The van der Waals surface area contributed by atoms with Crippen molar-refractivity contribution < 1.29 is 9.59 Å². The van der Waals surface area contributed by atoms with E-state index in [0.29, 0.717) is 5.13 Å². The van der Waals surface area contributed by atoms with Gasteiger partial charge in [0.1, 0.15) is 5.01 Å². The molecule has 2 aromatic rings. The minimum atomic E-state index is -0.263. The fourth-order valence-corrected chi connectivity index (χ4v) is 3.48. The lowest BCUT2D eigenvalue weighted by Crippen LogP contribution is -2.22. The number of carbonyl (C=O) groups is 2. The number of nitrogens with zero attached hydrogens (tertiary/aromatic N) is 2. The van der Waals surface area contributed by atoms with Crippen molar-refractivity contribution in [1.82, 2.24) is 10.2 Å². The molecule has 8 heteroatoms. The van der Waals surface area contributed by atoms with Crippen molar-refractivity contribution in [3.63, 3.8) is 0 Å². The molecule has 0 aliphatic heterocycles. The molecule has 1 unspecified atom stereocenters. The van der Waals surface area contributed by atoms with Crippen molar-refractivity contribution >= 4 is 45.7 Å². The molecule has 0 spiro atoms. The van der Waals surface area contributed by atoms with E-state index in [1.165, 1.54) is 23.1 Å². The van der Waals surface area contributed by atoms with Gasteiger partial charge < -0.3 is 5.32 Å². The van der Waals surface area contributed by atoms with Gasteiger partial charge in [-0.1, -0.05) is 11.3 Å². The van der Waals surface area contributed by atoms with Crippen LogP contribution in [0.1, 0.15) is 24.8 Å². The van der Waals surface area contributed by atoms with Crippen LogP contribution in [0.4, 0.5) is 10.8 Å². The van der Waals surface area contributed by atoms with Crippen molar-refractivity contribution in [2.24, 2.45) is 5.92 Å². The Morgan fingerprint density at radius 1 is 1.21 bits per heavy atom. The van der Waals surface area contributed by atoms with E-state index in [1.807, 2.05) is 38.1 Å². The summed E-state index contributed by atoms with van der Waals surface area (Å²) >= 11 is 2.81. The van der Waals surface area contributed by atoms with Gasteiger partial charge in [-0.25, -0.2) is 0 Å². The summed E-state index contributed by atoms with van der Waals surface area (Å²) in [6.07, 6.45) is 1.97. The zero-order chi connectivity index (χ0) is 17.1. The highest BCUT2D eigenvalue weighted by Crippen LogP contribution is 2.31. The molecule has 1 aromatic heterocycles. The normalized spacial score (nSPS) is 14.9. The molecule has 1 aliphatic rings. The quantitative estimate of drug-likeness (QED) is 0.770. The van der Waals surface area contributed by atoms with Gasteiger partial charge in [-0.15, -0.1) is 22.0 Å². The second kappa shape index (κ2) is 7.31. The predicted octanol–water partition coefficient (Wildman–Crippen LogP) is 3.31. The Morgan fingerprint density at radius 2 is 1.92 bits per heavy atom. The van der Waals surface area contributed by atoms with Crippen molar-refractivity contribution in [2.45, 2.75) is 36.8 Å². The number of rotatable bonds is 6. The maximum atomic E-state index is 12.2. The molecule has 1 atom stereocenters.